The quantitative estimate of drug-likeness (QED) is 0.792. The molecule has 4 nitrogen and oxygen atoms in total. The van der Waals surface area contributed by atoms with Gasteiger partial charge in [-0.2, -0.15) is 0 Å². The molecule has 1 fully saturated rings. The fourth-order valence-electron chi connectivity index (χ4n) is 3.06. The van der Waals surface area contributed by atoms with E-state index in [0.717, 1.165) is 37.8 Å². The summed E-state index contributed by atoms with van der Waals surface area (Å²) in [6.45, 7) is 0.765. The molecule has 2 rings (SSSR count). The SMILES string of the molecule is CS(=O)(=O)CCCC(=O)N1CCCCC[C@H]1/C=C/c1ccccc1. The molecule has 1 aromatic carbocycles. The lowest BCUT2D eigenvalue weighted by Gasteiger charge is -2.28. The zero-order chi connectivity index (χ0) is 17.4. The lowest BCUT2D eigenvalue weighted by atomic mass is 10.1. The van der Waals surface area contributed by atoms with Crippen LogP contribution >= 0.6 is 0 Å². The van der Waals surface area contributed by atoms with Crippen LogP contribution in [0.15, 0.2) is 36.4 Å². The number of hydrogen-bond donors (Lipinski definition) is 0. The minimum Gasteiger partial charge on any atom is -0.336 e. The molecule has 24 heavy (non-hydrogen) atoms. The molecule has 1 saturated heterocycles. The molecule has 0 N–H and O–H groups in total. The van der Waals surface area contributed by atoms with E-state index in [1.54, 1.807) is 0 Å². The summed E-state index contributed by atoms with van der Waals surface area (Å²) in [5.74, 6) is 0.153. The smallest absolute Gasteiger partial charge is 0.223 e. The summed E-state index contributed by atoms with van der Waals surface area (Å²) in [7, 11) is -3.00. The van der Waals surface area contributed by atoms with Crippen molar-refractivity contribution in [1.29, 1.82) is 0 Å². The summed E-state index contributed by atoms with van der Waals surface area (Å²) in [6, 6.07) is 10.2. The number of rotatable bonds is 6. The Morgan fingerprint density at radius 1 is 1.21 bits per heavy atom. The standard InChI is InChI=1S/C19H27NO3S/c1-24(22,23)16-8-12-19(21)20-15-7-3-6-11-18(20)14-13-17-9-4-2-5-10-17/h2,4-5,9-10,13-14,18H,3,6-8,11-12,15-16H2,1H3/b14-13+/t18-/m0/s1. The van der Waals surface area contributed by atoms with Crippen LogP contribution in [0.2, 0.25) is 0 Å². The van der Waals surface area contributed by atoms with E-state index in [9.17, 15) is 13.2 Å². The van der Waals surface area contributed by atoms with E-state index >= 15 is 0 Å². The summed E-state index contributed by atoms with van der Waals surface area (Å²) in [4.78, 5) is 14.5. The Kier molecular flexibility index (Phi) is 7.03. The molecule has 5 heteroatoms. The predicted octanol–water partition coefficient (Wildman–Crippen LogP) is 3.30. The summed E-state index contributed by atoms with van der Waals surface area (Å²) >= 11 is 0. The van der Waals surface area contributed by atoms with Gasteiger partial charge in [-0.25, -0.2) is 8.42 Å². The Bertz CT molecular complexity index is 652. The van der Waals surface area contributed by atoms with Gasteiger partial charge in [0.15, 0.2) is 0 Å². The van der Waals surface area contributed by atoms with E-state index in [0.29, 0.717) is 12.8 Å². The Morgan fingerprint density at radius 3 is 2.67 bits per heavy atom. The van der Waals surface area contributed by atoms with Gasteiger partial charge >= 0.3 is 0 Å². The van der Waals surface area contributed by atoms with Crippen LogP contribution in [0.5, 0.6) is 0 Å². The molecule has 1 heterocycles. The second-order valence-corrected chi connectivity index (χ2v) is 8.77. The summed E-state index contributed by atoms with van der Waals surface area (Å²) in [5, 5.41) is 0. The number of benzene rings is 1. The monoisotopic (exact) mass is 349 g/mol. The third kappa shape index (κ3) is 6.48. The third-order valence-corrected chi connectivity index (χ3v) is 5.37. The molecular weight excluding hydrogens is 322 g/mol. The van der Waals surface area contributed by atoms with E-state index in [4.69, 9.17) is 0 Å². The zero-order valence-electron chi connectivity index (χ0n) is 14.4. The van der Waals surface area contributed by atoms with Gasteiger partial charge in [-0.15, -0.1) is 0 Å². The van der Waals surface area contributed by atoms with Crippen LogP contribution in [0.1, 0.15) is 44.1 Å². The molecule has 0 bridgehead atoms. The van der Waals surface area contributed by atoms with Crippen molar-refractivity contribution in [3.63, 3.8) is 0 Å². The van der Waals surface area contributed by atoms with Gasteiger partial charge < -0.3 is 4.90 Å². The number of likely N-dealkylation sites (tertiary alicyclic amines) is 1. The summed E-state index contributed by atoms with van der Waals surface area (Å²) in [5.41, 5.74) is 1.13. The number of sulfone groups is 1. The number of carbonyl (C=O) groups is 1. The van der Waals surface area contributed by atoms with Crippen molar-refractivity contribution in [2.24, 2.45) is 0 Å². The molecule has 0 aromatic heterocycles. The maximum absolute atomic E-state index is 12.6. The lowest BCUT2D eigenvalue weighted by molar-refractivity contribution is -0.132. The molecule has 132 valence electrons. The van der Waals surface area contributed by atoms with E-state index in [1.807, 2.05) is 35.2 Å². The van der Waals surface area contributed by atoms with Crippen molar-refractivity contribution >= 4 is 21.8 Å². The average molecular weight is 349 g/mol. The Balaban J connectivity index is 2.00. The molecule has 0 radical (unpaired) electrons. The van der Waals surface area contributed by atoms with Crippen molar-refractivity contribution < 1.29 is 13.2 Å². The molecule has 1 aliphatic heterocycles. The van der Waals surface area contributed by atoms with Crippen LogP contribution < -0.4 is 0 Å². The lowest BCUT2D eigenvalue weighted by Crippen LogP contribution is -2.39. The third-order valence-electron chi connectivity index (χ3n) is 4.34. The van der Waals surface area contributed by atoms with Crippen LogP contribution in [0, 0.1) is 0 Å². The minimum absolute atomic E-state index is 0.0725. The van der Waals surface area contributed by atoms with Crippen molar-refractivity contribution in [3.8, 4) is 0 Å². The highest BCUT2D eigenvalue weighted by molar-refractivity contribution is 7.90. The molecule has 0 saturated carbocycles. The second kappa shape index (κ2) is 9.02. The van der Waals surface area contributed by atoms with Crippen molar-refractivity contribution in [2.75, 3.05) is 18.6 Å². The number of amides is 1. The fraction of sp³-hybridized carbons (Fsp3) is 0.526. The highest BCUT2D eigenvalue weighted by Gasteiger charge is 2.23. The maximum Gasteiger partial charge on any atom is 0.223 e. The fourth-order valence-corrected chi connectivity index (χ4v) is 3.73. The molecule has 0 aliphatic carbocycles. The molecular formula is C19H27NO3S. The molecule has 0 spiro atoms. The number of nitrogens with zero attached hydrogens (tertiary/aromatic N) is 1. The van der Waals surface area contributed by atoms with Gasteiger partial charge in [0.2, 0.25) is 5.91 Å². The Labute approximate surface area is 145 Å². The summed E-state index contributed by atoms with van der Waals surface area (Å²) in [6.07, 6.45) is 10.4. The molecule has 1 amide bonds. The van der Waals surface area contributed by atoms with E-state index in [1.165, 1.54) is 6.26 Å². The second-order valence-electron chi connectivity index (χ2n) is 6.51. The van der Waals surface area contributed by atoms with Gasteiger partial charge in [0.25, 0.3) is 0 Å². The topological polar surface area (TPSA) is 54.5 Å². The Hall–Kier alpha value is -1.62. The van der Waals surface area contributed by atoms with E-state index in [2.05, 4.69) is 12.2 Å². The first-order chi connectivity index (χ1) is 11.5. The predicted molar refractivity (Wildman–Crippen MR) is 98.4 cm³/mol. The van der Waals surface area contributed by atoms with E-state index < -0.39 is 9.84 Å². The van der Waals surface area contributed by atoms with Crippen molar-refractivity contribution in [2.45, 2.75) is 44.6 Å². The van der Waals surface area contributed by atoms with E-state index in [-0.39, 0.29) is 17.7 Å². The zero-order valence-corrected chi connectivity index (χ0v) is 15.2. The highest BCUT2D eigenvalue weighted by Crippen LogP contribution is 2.20. The first-order valence-corrected chi connectivity index (χ1v) is 10.7. The van der Waals surface area contributed by atoms with Crippen LogP contribution in [-0.4, -0.2) is 43.8 Å². The number of carbonyl (C=O) groups excluding carboxylic acids is 1. The highest BCUT2D eigenvalue weighted by atomic mass is 32.2. The first kappa shape index (κ1) is 18.7. The summed E-state index contributed by atoms with van der Waals surface area (Å²) < 4.78 is 22.5. The maximum atomic E-state index is 12.6. The van der Waals surface area contributed by atoms with Gasteiger partial charge in [-0.1, -0.05) is 55.3 Å². The van der Waals surface area contributed by atoms with Crippen LogP contribution in [0.25, 0.3) is 6.08 Å². The van der Waals surface area contributed by atoms with Gasteiger partial charge in [0, 0.05) is 19.2 Å². The largest absolute Gasteiger partial charge is 0.336 e. The van der Waals surface area contributed by atoms with Crippen LogP contribution in [0.4, 0.5) is 0 Å². The number of hydrogen-bond acceptors (Lipinski definition) is 3. The van der Waals surface area contributed by atoms with Crippen molar-refractivity contribution in [3.05, 3.63) is 42.0 Å². The Morgan fingerprint density at radius 2 is 1.96 bits per heavy atom. The van der Waals surface area contributed by atoms with Crippen LogP contribution in [0.3, 0.4) is 0 Å². The molecule has 1 aliphatic rings. The average Bonchev–Trinajstić information content (AvgIpc) is 2.78. The van der Waals surface area contributed by atoms with Crippen molar-refractivity contribution in [1.82, 2.24) is 4.90 Å². The van der Waals surface area contributed by atoms with Gasteiger partial charge in [0.1, 0.15) is 9.84 Å². The minimum atomic E-state index is -3.00. The van der Waals surface area contributed by atoms with Gasteiger partial charge in [0.05, 0.1) is 11.8 Å². The van der Waals surface area contributed by atoms with Gasteiger partial charge in [-0.05, 0) is 24.8 Å². The van der Waals surface area contributed by atoms with Gasteiger partial charge in [-0.3, -0.25) is 4.79 Å². The first-order valence-electron chi connectivity index (χ1n) is 8.66. The molecule has 0 unspecified atom stereocenters. The molecule has 1 atom stereocenters. The van der Waals surface area contributed by atoms with Crippen LogP contribution in [-0.2, 0) is 14.6 Å². The normalized spacial score (nSPS) is 19.4. The molecule has 1 aromatic rings.